The van der Waals surface area contributed by atoms with E-state index in [1.807, 2.05) is 30.3 Å². The molecule has 0 saturated carbocycles. The van der Waals surface area contributed by atoms with Crippen molar-refractivity contribution < 1.29 is 0 Å². The number of nitrogens with one attached hydrogen (secondary N) is 1. The molecular formula is C14H14ClN3O. The molecule has 0 fully saturated rings. The summed E-state index contributed by atoms with van der Waals surface area (Å²) in [7, 11) is 0. The summed E-state index contributed by atoms with van der Waals surface area (Å²) in [5, 5.41) is 7.22. The molecule has 4 nitrogen and oxygen atoms in total. The Labute approximate surface area is 116 Å². The monoisotopic (exact) mass is 275 g/mol. The molecule has 0 aliphatic heterocycles. The molecule has 1 aromatic heterocycles. The highest BCUT2D eigenvalue weighted by molar-refractivity contribution is 6.32. The van der Waals surface area contributed by atoms with Gasteiger partial charge in [-0.25, -0.2) is 4.68 Å². The van der Waals surface area contributed by atoms with Crippen LogP contribution >= 0.6 is 11.6 Å². The van der Waals surface area contributed by atoms with Crippen LogP contribution in [0.4, 0.5) is 5.69 Å². The molecule has 0 saturated heterocycles. The Bertz CT molecular complexity index is 622. The average Bonchev–Trinajstić information content (AvgIpc) is 2.44. The van der Waals surface area contributed by atoms with Gasteiger partial charge in [-0.3, -0.25) is 4.79 Å². The van der Waals surface area contributed by atoms with Gasteiger partial charge in [0.2, 0.25) is 0 Å². The fourth-order valence-corrected chi connectivity index (χ4v) is 1.85. The van der Waals surface area contributed by atoms with Crippen molar-refractivity contribution in [3.05, 3.63) is 70.1 Å². The van der Waals surface area contributed by atoms with Crippen molar-refractivity contribution >= 4 is 17.3 Å². The standard InChI is InChI=1S/C14H14ClN3O/c1-2-8-16-12-9-17-18(14(19)13(12)15)10-11-6-4-3-5-7-11/h2-7,9,16H,1,8,10H2. The van der Waals surface area contributed by atoms with Gasteiger partial charge < -0.3 is 5.32 Å². The summed E-state index contributed by atoms with van der Waals surface area (Å²) < 4.78 is 1.34. The molecule has 2 rings (SSSR count). The molecular weight excluding hydrogens is 262 g/mol. The fourth-order valence-electron chi connectivity index (χ4n) is 1.64. The summed E-state index contributed by atoms with van der Waals surface area (Å²) in [5.74, 6) is 0. The second kappa shape index (κ2) is 6.20. The third-order valence-electron chi connectivity index (χ3n) is 2.60. The lowest BCUT2D eigenvalue weighted by Gasteiger charge is -2.09. The minimum absolute atomic E-state index is 0.146. The van der Waals surface area contributed by atoms with E-state index in [0.29, 0.717) is 18.8 Å². The normalized spacial score (nSPS) is 10.2. The van der Waals surface area contributed by atoms with Gasteiger partial charge in [0.25, 0.3) is 5.56 Å². The van der Waals surface area contributed by atoms with Crippen molar-refractivity contribution in [3.63, 3.8) is 0 Å². The molecule has 0 radical (unpaired) electrons. The Morgan fingerprint density at radius 1 is 1.37 bits per heavy atom. The van der Waals surface area contributed by atoms with E-state index in [-0.39, 0.29) is 10.6 Å². The number of rotatable bonds is 5. The van der Waals surface area contributed by atoms with Crippen LogP contribution in [-0.4, -0.2) is 16.3 Å². The summed E-state index contributed by atoms with van der Waals surface area (Å²) in [6.07, 6.45) is 3.24. The minimum atomic E-state index is -0.306. The predicted molar refractivity (Wildman–Crippen MR) is 77.7 cm³/mol. The second-order valence-electron chi connectivity index (χ2n) is 3.99. The number of nitrogens with zero attached hydrogens (tertiary/aromatic N) is 2. The van der Waals surface area contributed by atoms with Crippen molar-refractivity contribution in [1.29, 1.82) is 0 Å². The second-order valence-corrected chi connectivity index (χ2v) is 4.37. The van der Waals surface area contributed by atoms with Gasteiger partial charge in [-0.05, 0) is 5.56 Å². The van der Waals surface area contributed by atoms with Gasteiger partial charge in [0.15, 0.2) is 0 Å². The third-order valence-corrected chi connectivity index (χ3v) is 2.96. The lowest BCUT2D eigenvalue weighted by Crippen LogP contribution is -2.24. The van der Waals surface area contributed by atoms with E-state index in [1.165, 1.54) is 4.68 Å². The van der Waals surface area contributed by atoms with E-state index in [0.717, 1.165) is 5.56 Å². The van der Waals surface area contributed by atoms with Gasteiger partial charge in [-0.1, -0.05) is 48.0 Å². The fraction of sp³-hybridized carbons (Fsp3) is 0.143. The van der Waals surface area contributed by atoms with Crippen molar-refractivity contribution in [2.75, 3.05) is 11.9 Å². The van der Waals surface area contributed by atoms with Crippen LogP contribution in [0.1, 0.15) is 5.56 Å². The number of aromatic nitrogens is 2. The molecule has 5 heteroatoms. The van der Waals surface area contributed by atoms with Crippen molar-refractivity contribution in [3.8, 4) is 0 Å². The first-order valence-corrected chi connectivity index (χ1v) is 6.24. The summed E-state index contributed by atoms with van der Waals surface area (Å²) in [4.78, 5) is 12.1. The van der Waals surface area contributed by atoms with Crippen molar-refractivity contribution in [2.45, 2.75) is 6.54 Å². The quantitative estimate of drug-likeness (QED) is 0.853. The Morgan fingerprint density at radius 2 is 2.11 bits per heavy atom. The maximum Gasteiger partial charge on any atom is 0.287 e. The summed E-state index contributed by atoms with van der Waals surface area (Å²) in [6.45, 7) is 4.53. The van der Waals surface area contributed by atoms with Crippen LogP contribution in [0.25, 0.3) is 0 Å². The topological polar surface area (TPSA) is 46.9 Å². The predicted octanol–water partition coefficient (Wildman–Crippen LogP) is 2.54. The smallest absolute Gasteiger partial charge is 0.287 e. The molecule has 0 aliphatic carbocycles. The van der Waals surface area contributed by atoms with E-state index in [4.69, 9.17) is 11.6 Å². The third kappa shape index (κ3) is 3.23. The maximum atomic E-state index is 12.1. The zero-order valence-corrected chi connectivity index (χ0v) is 11.1. The average molecular weight is 276 g/mol. The van der Waals surface area contributed by atoms with Gasteiger partial charge in [0, 0.05) is 6.54 Å². The number of hydrogen-bond donors (Lipinski definition) is 1. The number of anilines is 1. The molecule has 1 N–H and O–H groups in total. The first-order valence-electron chi connectivity index (χ1n) is 5.86. The highest BCUT2D eigenvalue weighted by Crippen LogP contribution is 2.15. The molecule has 1 heterocycles. The lowest BCUT2D eigenvalue weighted by molar-refractivity contribution is 0.640. The molecule has 1 aromatic carbocycles. The van der Waals surface area contributed by atoms with Crippen LogP contribution in [0.2, 0.25) is 5.02 Å². The van der Waals surface area contributed by atoms with Gasteiger partial charge in [-0.15, -0.1) is 6.58 Å². The van der Waals surface area contributed by atoms with Gasteiger partial charge in [0.05, 0.1) is 18.4 Å². The highest BCUT2D eigenvalue weighted by Gasteiger charge is 2.08. The van der Waals surface area contributed by atoms with Crippen LogP contribution in [0, 0.1) is 0 Å². The summed E-state index contributed by atoms with van der Waals surface area (Å²) >= 11 is 6.03. The first kappa shape index (κ1) is 13.4. The Morgan fingerprint density at radius 3 is 2.79 bits per heavy atom. The number of halogens is 1. The molecule has 2 aromatic rings. The van der Waals surface area contributed by atoms with E-state index in [2.05, 4.69) is 17.0 Å². The van der Waals surface area contributed by atoms with E-state index < -0.39 is 0 Å². The SMILES string of the molecule is C=CCNc1cnn(Cc2ccccc2)c(=O)c1Cl. The van der Waals surface area contributed by atoms with E-state index in [1.54, 1.807) is 12.3 Å². The Hall–Kier alpha value is -2.07. The maximum absolute atomic E-state index is 12.1. The molecule has 0 atom stereocenters. The number of hydrogen-bond acceptors (Lipinski definition) is 3. The van der Waals surface area contributed by atoms with Crippen LogP contribution in [-0.2, 0) is 6.54 Å². The largest absolute Gasteiger partial charge is 0.379 e. The molecule has 0 aliphatic rings. The molecule has 0 bridgehead atoms. The molecule has 98 valence electrons. The molecule has 0 spiro atoms. The zero-order chi connectivity index (χ0) is 13.7. The molecule has 19 heavy (non-hydrogen) atoms. The summed E-state index contributed by atoms with van der Waals surface area (Å²) in [5.41, 5.74) is 1.22. The van der Waals surface area contributed by atoms with Crippen LogP contribution < -0.4 is 10.9 Å². The minimum Gasteiger partial charge on any atom is -0.379 e. The van der Waals surface area contributed by atoms with Crippen molar-refractivity contribution in [2.24, 2.45) is 0 Å². The number of benzene rings is 1. The summed E-state index contributed by atoms with van der Waals surface area (Å²) in [6, 6.07) is 9.64. The Balaban J connectivity index is 2.26. The van der Waals surface area contributed by atoms with Crippen molar-refractivity contribution in [1.82, 2.24) is 9.78 Å². The van der Waals surface area contributed by atoms with Gasteiger partial charge in [-0.2, -0.15) is 5.10 Å². The van der Waals surface area contributed by atoms with Crippen LogP contribution in [0.5, 0.6) is 0 Å². The van der Waals surface area contributed by atoms with Crippen LogP contribution in [0.15, 0.2) is 54.0 Å². The zero-order valence-electron chi connectivity index (χ0n) is 10.3. The Kier molecular flexibility index (Phi) is 4.36. The van der Waals surface area contributed by atoms with E-state index >= 15 is 0 Å². The lowest BCUT2D eigenvalue weighted by atomic mass is 10.2. The first-order chi connectivity index (χ1) is 9.22. The highest BCUT2D eigenvalue weighted by atomic mass is 35.5. The van der Waals surface area contributed by atoms with E-state index in [9.17, 15) is 4.79 Å². The van der Waals surface area contributed by atoms with Gasteiger partial charge in [0.1, 0.15) is 5.02 Å². The van der Waals surface area contributed by atoms with Crippen LogP contribution in [0.3, 0.4) is 0 Å². The molecule has 0 unspecified atom stereocenters. The van der Waals surface area contributed by atoms with Gasteiger partial charge >= 0.3 is 0 Å². The molecule has 0 amide bonds.